The van der Waals surface area contributed by atoms with E-state index in [1.54, 1.807) is 139 Å². The Kier molecular flexibility index (Phi) is 46.8. The molecule has 6 aromatic heterocycles. The number of rotatable bonds is 34. The summed E-state index contributed by atoms with van der Waals surface area (Å²) in [6, 6.07) is 37.1. The minimum Gasteiger partial charge on any atom is -0.497 e. The van der Waals surface area contributed by atoms with Crippen LogP contribution in [0.4, 0.5) is 28.3 Å². The lowest BCUT2D eigenvalue weighted by Crippen LogP contribution is -2.47. The number of hydrogen-bond acceptors (Lipinski definition) is 29. The number of amides is 7. The van der Waals surface area contributed by atoms with E-state index >= 15 is 0 Å². The van der Waals surface area contributed by atoms with Crippen LogP contribution in [0.5, 0.6) is 11.5 Å². The van der Waals surface area contributed by atoms with E-state index in [2.05, 4.69) is 121 Å². The lowest BCUT2D eigenvalue weighted by atomic mass is 10.1. The van der Waals surface area contributed by atoms with Gasteiger partial charge in [-0.25, -0.2) is 24.7 Å². The van der Waals surface area contributed by atoms with Crippen molar-refractivity contribution in [1.29, 1.82) is 5.53 Å². The van der Waals surface area contributed by atoms with E-state index in [9.17, 15) is 33.6 Å². The molecule has 35 nitrogen and oxygen atoms in total. The Morgan fingerprint density at radius 2 is 0.899 bits per heavy atom. The summed E-state index contributed by atoms with van der Waals surface area (Å²) in [4.78, 5) is 127. The summed E-state index contributed by atoms with van der Waals surface area (Å²) < 4.78 is 18.6. The Labute approximate surface area is 779 Å². The number of alkyl carbamates (subject to hydrolysis) is 1. The van der Waals surface area contributed by atoms with Gasteiger partial charge < -0.3 is 64.1 Å². The summed E-state index contributed by atoms with van der Waals surface area (Å²) in [5.41, 5.74) is 42.6. The Balaban J connectivity index is 0.000000275. The number of unbranched alkanes of at least 4 members (excludes halogenated alkanes) is 5. The fraction of sp³-hybridized carbons (Fsp3) is 0.416. The van der Waals surface area contributed by atoms with Crippen molar-refractivity contribution >= 4 is 158 Å². The van der Waals surface area contributed by atoms with Crippen molar-refractivity contribution < 1.29 is 47.8 Å². The minimum atomic E-state index is -0.602. The van der Waals surface area contributed by atoms with Crippen LogP contribution in [-0.2, 0) is 11.3 Å². The molecule has 15 N–H and O–H groups in total. The number of nitrogens with two attached hydrogens (primary N) is 5. The van der Waals surface area contributed by atoms with Gasteiger partial charge in [-0.1, -0.05) is 151 Å². The number of aromatic nitrogens is 9. The highest BCUT2D eigenvalue weighted by Crippen LogP contribution is 2.30. The van der Waals surface area contributed by atoms with Gasteiger partial charge in [0.25, 0.3) is 35.4 Å². The molecule has 10 aromatic rings. The number of carbonyl (C=O) groups is 7. The van der Waals surface area contributed by atoms with Gasteiger partial charge in [0.15, 0.2) is 16.8 Å². The van der Waals surface area contributed by atoms with Gasteiger partial charge in [-0.05, 0) is 160 Å². The summed E-state index contributed by atoms with van der Waals surface area (Å²) in [6.45, 7) is 18.3. The topological polar surface area (TPSA) is 512 Å². The van der Waals surface area contributed by atoms with Gasteiger partial charge in [0, 0.05) is 93.7 Å². The molecule has 0 saturated heterocycles. The molecule has 40 heteroatoms. The third kappa shape index (κ3) is 32.8. The van der Waals surface area contributed by atoms with Crippen molar-refractivity contribution in [1.82, 2.24) is 64.9 Å². The van der Waals surface area contributed by atoms with Crippen LogP contribution in [-0.4, -0.2) is 184 Å². The number of hydrogen-bond donors (Lipinski definition) is 10. The number of ether oxygens (including phenoxy) is 3. The number of nitrogens with one attached hydrogen (secondary N) is 5. The Hall–Kier alpha value is -11.7. The van der Waals surface area contributed by atoms with Crippen LogP contribution in [0, 0.1) is 5.53 Å². The molecule has 0 aliphatic carbocycles. The number of anilines is 4. The van der Waals surface area contributed by atoms with Crippen molar-refractivity contribution in [2.75, 3.05) is 68.6 Å². The SMILES string of the molecule is CCCC[C@@H](N)CN1C(=O)c2ccccc2C1=O.CCCC[C@@H](N)CN1C(=O)c2ccccc2C1=O.CCCC[C@H](CN)Nc1nc(N)nc2cccnc12.CCCC[C@H](CN)Nc1nc(NCc2ccc(OC)cc2OC)nc2cccnc12.CCCC[C@H](CN1C(=O)c2ccccc2C1=O)NC(=O)OC(C)(C)C.Cl.Cl.Clc1nc(Cl)c2ncccc2n1.N=NN=NCl. The van der Waals surface area contributed by atoms with Crippen molar-refractivity contribution in [3.05, 3.63) is 195 Å². The molecule has 4 aromatic carbocycles. The van der Waals surface area contributed by atoms with E-state index in [-0.39, 0.29) is 113 Å². The summed E-state index contributed by atoms with van der Waals surface area (Å²) >= 11 is 15.9. The first-order chi connectivity index (χ1) is 61.1. The molecule has 7 amide bonds. The molecule has 9 heterocycles. The second kappa shape index (κ2) is 55.9. The Morgan fingerprint density at radius 1 is 0.504 bits per heavy atom. The van der Waals surface area contributed by atoms with Gasteiger partial charge in [-0.3, -0.25) is 58.4 Å². The molecule has 0 radical (unpaired) electrons. The zero-order chi connectivity index (χ0) is 92.5. The first-order valence-corrected chi connectivity index (χ1v) is 43.3. The predicted molar refractivity (Wildman–Crippen MR) is 509 cm³/mol. The lowest BCUT2D eigenvalue weighted by molar-refractivity contribution is 0.0463. The summed E-state index contributed by atoms with van der Waals surface area (Å²) in [5, 5.41) is 18.4. The maximum atomic E-state index is 12.5. The number of fused-ring (bicyclic) bond motifs is 6. The zero-order valence-corrected chi connectivity index (χ0v) is 78.1. The standard InChI is InChI=1S/C22H30N6O2.C19H26N2O4.2C14H18N2O2.C13H20N6.C7H3Cl2N3.ClHN4.2ClH/c1-4-5-7-16(13-23)26-21-20-18(8-6-11-24-20)27-22(28-21)25-14-15-9-10-17(29-2)12-19(15)30-3;1-5-6-9-13(20-18(24)25-19(2,3)4)12-21-16(22)14-10-7-8-11-15(14)17(21)23;2*1-2-3-6-10(15)9-16-13(17)11-7-4-5-8-12(11)14(16)18;1-2-3-5-9(8-14)17-12-11-10(6-4-7-16-11)18-13(15)19-12;8-6-5-4(2-1-3-10-5)11-7(9)12-6;1-3-5-4-2;;/h6,8-12,16H,4-5,7,13-14,23H2,1-3H3,(H2,25,26,27,28);7-8,10-11,13H,5-6,9,12H2,1-4H3,(H,20,24);2*4-5,7-8,10H,2-3,6,9,15H2,1H3;4,6-7,9H,2-3,5,8,14H2,1H3,(H3,15,17,18,19);1-3H;2H;2*1H/t16-;13-;2*10-;9-;;;;/m11111..../s1. The number of benzene rings is 4. The maximum Gasteiger partial charge on any atom is 0.407 e. The molecule has 3 aliphatic heterocycles. The number of pyridine rings is 3. The molecule has 0 fully saturated rings. The van der Waals surface area contributed by atoms with Crippen LogP contribution >= 0.6 is 59.8 Å². The Morgan fingerprint density at radius 3 is 1.29 bits per heavy atom. The van der Waals surface area contributed by atoms with Crippen molar-refractivity contribution in [2.45, 2.75) is 194 Å². The fourth-order valence-electron chi connectivity index (χ4n) is 13.3. The molecule has 3 aliphatic rings. The molecule has 0 saturated carbocycles. The predicted octanol–water partition coefficient (Wildman–Crippen LogP) is 16.8. The van der Waals surface area contributed by atoms with Crippen LogP contribution in [0.3, 0.4) is 0 Å². The van der Waals surface area contributed by atoms with E-state index in [4.69, 9.17) is 71.6 Å². The summed E-state index contributed by atoms with van der Waals surface area (Å²) in [5.74, 6) is 2.10. The van der Waals surface area contributed by atoms with Crippen LogP contribution in [0.15, 0.2) is 161 Å². The number of halogens is 5. The van der Waals surface area contributed by atoms with Gasteiger partial charge in [-0.15, -0.1) is 24.8 Å². The van der Waals surface area contributed by atoms with Crippen molar-refractivity contribution in [3.63, 3.8) is 0 Å². The number of carbonyl (C=O) groups excluding carboxylic acids is 7. The average molecular weight is 1880 g/mol. The van der Waals surface area contributed by atoms with Gasteiger partial charge in [0.2, 0.25) is 17.2 Å². The molecule has 13 rings (SSSR count). The first kappa shape index (κ1) is 108. The van der Waals surface area contributed by atoms with Crippen LogP contribution in [0.1, 0.15) is 219 Å². The van der Waals surface area contributed by atoms with E-state index < -0.39 is 11.7 Å². The van der Waals surface area contributed by atoms with Crippen LogP contribution in [0.25, 0.3) is 33.1 Å². The molecule has 694 valence electrons. The number of imide groups is 3. The molecule has 129 heavy (non-hydrogen) atoms. The van der Waals surface area contributed by atoms with Gasteiger partial charge in [-0.2, -0.15) is 15.5 Å². The smallest absolute Gasteiger partial charge is 0.407 e. The van der Waals surface area contributed by atoms with Gasteiger partial charge >= 0.3 is 6.09 Å². The summed E-state index contributed by atoms with van der Waals surface area (Å²) in [6.07, 6.45) is 19.4. The molecule has 0 bridgehead atoms. The highest BCUT2D eigenvalue weighted by atomic mass is 35.5. The highest BCUT2D eigenvalue weighted by Gasteiger charge is 2.39. The van der Waals surface area contributed by atoms with Gasteiger partial charge in [0.1, 0.15) is 33.7 Å². The van der Waals surface area contributed by atoms with Crippen LogP contribution in [0.2, 0.25) is 10.4 Å². The first-order valence-electron chi connectivity index (χ1n) is 42.2. The summed E-state index contributed by atoms with van der Waals surface area (Å²) in [7, 11) is 3.27. The number of nitrogens with zero attached hydrogens (tertiary/aromatic N) is 15. The third-order valence-corrected chi connectivity index (χ3v) is 20.2. The largest absolute Gasteiger partial charge is 0.497 e. The highest BCUT2D eigenvalue weighted by molar-refractivity contribution is 6.35. The maximum absolute atomic E-state index is 12.5. The van der Waals surface area contributed by atoms with Crippen molar-refractivity contribution in [3.8, 4) is 11.5 Å². The third-order valence-electron chi connectivity index (χ3n) is 19.7. The second-order valence-electron chi connectivity index (χ2n) is 30.5. The molecular formula is C89H118Cl5N25O10. The number of nitrogen functional groups attached to an aromatic ring is 1. The van der Waals surface area contributed by atoms with E-state index in [0.717, 1.165) is 129 Å². The zero-order valence-electron chi connectivity index (χ0n) is 74.2. The molecular weight excluding hydrogens is 1760 g/mol. The quantitative estimate of drug-likeness (QED) is 0.00589. The van der Waals surface area contributed by atoms with Crippen LogP contribution < -0.4 is 59.4 Å². The van der Waals surface area contributed by atoms with E-state index in [0.29, 0.717) is 101 Å². The average Bonchev–Trinajstić information content (AvgIpc) is 1.64. The minimum absolute atomic E-state index is 0. The lowest BCUT2D eigenvalue weighted by Gasteiger charge is -2.26. The van der Waals surface area contributed by atoms with E-state index in [1.807, 2.05) is 49.4 Å². The second-order valence-corrected chi connectivity index (χ2v) is 31.4. The Bertz CT molecular complexity index is 5140. The fourth-order valence-corrected chi connectivity index (χ4v) is 13.7. The molecule has 0 unspecified atom stereocenters. The monoisotopic (exact) mass is 1870 g/mol. The molecule has 0 spiro atoms. The van der Waals surface area contributed by atoms with E-state index in [1.165, 1.54) is 14.7 Å². The number of methoxy groups -OCH3 is 2. The normalized spacial score (nSPS) is 13.3. The van der Waals surface area contributed by atoms with Crippen molar-refractivity contribution in [2.24, 2.45) is 38.0 Å². The molecule has 5 atom stereocenters. The van der Waals surface area contributed by atoms with Gasteiger partial charge in [0.05, 0.1) is 82.0 Å².